The molecule has 0 bridgehead atoms. The number of hydrogen-bond acceptors (Lipinski definition) is 3. The third kappa shape index (κ3) is 6.38. The molecule has 0 radical (unpaired) electrons. The summed E-state index contributed by atoms with van der Waals surface area (Å²) in [4.78, 5) is 22.9. The fourth-order valence-electron chi connectivity index (χ4n) is 1.32. The van der Waals surface area contributed by atoms with Gasteiger partial charge in [0.2, 0.25) is 0 Å². The lowest BCUT2D eigenvalue weighted by molar-refractivity contribution is -0.122. The molecule has 2 N–H and O–H groups in total. The molecule has 3 amide bonds. The molecule has 0 fully saturated rings. The predicted molar refractivity (Wildman–Crippen MR) is 83.8 cm³/mol. The minimum Gasteiger partial charge on any atom is -0.483 e. The van der Waals surface area contributed by atoms with Crippen molar-refractivity contribution in [1.29, 1.82) is 0 Å². The lowest BCUT2D eigenvalue weighted by Gasteiger charge is -2.09. The number of imide groups is 1. The van der Waals surface area contributed by atoms with Gasteiger partial charge in [0.1, 0.15) is 5.75 Å². The van der Waals surface area contributed by atoms with Crippen LogP contribution in [0.25, 0.3) is 0 Å². The lowest BCUT2D eigenvalue weighted by Crippen LogP contribution is -2.41. The molecular weight excluding hydrogens is 392 g/mol. The van der Waals surface area contributed by atoms with Crippen LogP contribution in [0.4, 0.5) is 4.79 Å². The lowest BCUT2D eigenvalue weighted by atomic mass is 10.3. The Bertz CT molecular complexity index is 481. The number of carbonyl (C=O) groups excluding carboxylic acids is 2. The van der Waals surface area contributed by atoms with E-state index in [4.69, 9.17) is 4.74 Å². The first kappa shape index (κ1) is 17.0. The summed E-state index contributed by atoms with van der Waals surface area (Å²) in [6, 6.07) is 4.84. The van der Waals surface area contributed by atoms with Crippen molar-refractivity contribution in [3.63, 3.8) is 0 Å². The van der Waals surface area contributed by atoms with Gasteiger partial charge >= 0.3 is 6.03 Å². The Kier molecular flexibility index (Phi) is 7.61. The number of unbranched alkanes of at least 4 members (excludes halogenated alkanes) is 1. The zero-order valence-electron chi connectivity index (χ0n) is 11.0. The Morgan fingerprint density at radius 2 is 2.05 bits per heavy atom. The minimum absolute atomic E-state index is 0.221. The molecular formula is C13H16Br2N2O3. The molecule has 5 nitrogen and oxygen atoms in total. The SMILES string of the molecule is CCCCNC(=O)NC(=O)COc1ccc(Br)cc1Br. The number of amides is 3. The second-order valence-corrected chi connectivity index (χ2v) is 5.79. The zero-order valence-corrected chi connectivity index (χ0v) is 14.2. The van der Waals surface area contributed by atoms with Crippen LogP contribution in [0.3, 0.4) is 0 Å². The van der Waals surface area contributed by atoms with Crippen molar-refractivity contribution >= 4 is 43.8 Å². The van der Waals surface area contributed by atoms with E-state index in [-0.39, 0.29) is 6.61 Å². The van der Waals surface area contributed by atoms with E-state index in [2.05, 4.69) is 42.5 Å². The Balaban J connectivity index is 2.34. The molecule has 0 unspecified atom stereocenters. The summed E-state index contributed by atoms with van der Waals surface area (Å²) in [5.74, 6) is 0.0450. The van der Waals surface area contributed by atoms with Gasteiger partial charge in [-0.05, 0) is 40.5 Å². The molecule has 0 aliphatic heterocycles. The van der Waals surface area contributed by atoms with Crippen molar-refractivity contribution in [2.75, 3.05) is 13.2 Å². The van der Waals surface area contributed by atoms with Crippen LogP contribution in [-0.2, 0) is 4.79 Å². The number of ether oxygens (including phenoxy) is 1. The molecule has 0 spiro atoms. The van der Waals surface area contributed by atoms with Crippen molar-refractivity contribution in [3.8, 4) is 5.75 Å². The van der Waals surface area contributed by atoms with Crippen LogP contribution in [0.1, 0.15) is 19.8 Å². The molecule has 1 aromatic carbocycles. The normalized spacial score (nSPS) is 9.95. The van der Waals surface area contributed by atoms with E-state index in [1.807, 2.05) is 13.0 Å². The molecule has 0 atom stereocenters. The first-order valence-corrected chi connectivity index (χ1v) is 7.77. The summed E-state index contributed by atoms with van der Waals surface area (Å²) in [5, 5.41) is 4.79. The first-order chi connectivity index (χ1) is 9.52. The number of rotatable bonds is 6. The van der Waals surface area contributed by atoms with Crippen LogP contribution in [0, 0.1) is 0 Å². The van der Waals surface area contributed by atoms with Crippen LogP contribution in [0.2, 0.25) is 0 Å². The summed E-state index contributed by atoms with van der Waals surface area (Å²) in [6.07, 6.45) is 1.86. The van der Waals surface area contributed by atoms with Crippen molar-refractivity contribution in [1.82, 2.24) is 10.6 Å². The summed E-state index contributed by atoms with van der Waals surface area (Å²) in [7, 11) is 0. The van der Waals surface area contributed by atoms with E-state index in [9.17, 15) is 9.59 Å². The molecule has 110 valence electrons. The van der Waals surface area contributed by atoms with Crippen molar-refractivity contribution in [2.24, 2.45) is 0 Å². The monoisotopic (exact) mass is 406 g/mol. The summed E-state index contributed by atoms with van der Waals surface area (Å²) in [6.45, 7) is 2.35. The van der Waals surface area contributed by atoms with Gasteiger partial charge in [-0.15, -0.1) is 0 Å². The Hall–Kier alpha value is -1.08. The number of nitrogens with one attached hydrogen (secondary N) is 2. The minimum atomic E-state index is -0.498. The Labute approximate surface area is 134 Å². The van der Waals surface area contributed by atoms with Gasteiger partial charge in [-0.25, -0.2) is 4.79 Å². The van der Waals surface area contributed by atoms with Crippen molar-refractivity contribution in [2.45, 2.75) is 19.8 Å². The molecule has 0 aromatic heterocycles. The maximum atomic E-state index is 11.5. The van der Waals surface area contributed by atoms with Gasteiger partial charge in [0, 0.05) is 11.0 Å². The molecule has 20 heavy (non-hydrogen) atoms. The van der Waals surface area contributed by atoms with Crippen LogP contribution >= 0.6 is 31.9 Å². The smallest absolute Gasteiger partial charge is 0.321 e. The highest BCUT2D eigenvalue weighted by molar-refractivity contribution is 9.11. The topological polar surface area (TPSA) is 67.4 Å². The largest absolute Gasteiger partial charge is 0.483 e. The fraction of sp³-hybridized carbons (Fsp3) is 0.385. The van der Waals surface area contributed by atoms with Crippen molar-refractivity contribution < 1.29 is 14.3 Å². The number of benzene rings is 1. The van der Waals surface area contributed by atoms with Crippen LogP contribution < -0.4 is 15.4 Å². The molecule has 0 heterocycles. The highest BCUT2D eigenvalue weighted by Crippen LogP contribution is 2.27. The molecule has 0 saturated carbocycles. The second-order valence-electron chi connectivity index (χ2n) is 4.02. The Morgan fingerprint density at radius 1 is 1.30 bits per heavy atom. The second kappa shape index (κ2) is 8.97. The zero-order chi connectivity index (χ0) is 15.0. The average Bonchev–Trinajstić information content (AvgIpc) is 2.38. The third-order valence-corrected chi connectivity index (χ3v) is 3.43. The molecule has 1 aromatic rings. The number of carbonyl (C=O) groups is 2. The highest BCUT2D eigenvalue weighted by atomic mass is 79.9. The fourth-order valence-corrected chi connectivity index (χ4v) is 2.48. The maximum Gasteiger partial charge on any atom is 0.321 e. The molecule has 0 aliphatic carbocycles. The van der Waals surface area contributed by atoms with Crippen LogP contribution in [0.15, 0.2) is 27.1 Å². The van der Waals surface area contributed by atoms with E-state index in [0.29, 0.717) is 12.3 Å². The van der Waals surface area contributed by atoms with Gasteiger partial charge in [-0.2, -0.15) is 0 Å². The molecule has 7 heteroatoms. The van der Waals surface area contributed by atoms with E-state index < -0.39 is 11.9 Å². The van der Waals surface area contributed by atoms with E-state index in [1.165, 1.54) is 0 Å². The summed E-state index contributed by atoms with van der Waals surface area (Å²) >= 11 is 6.65. The summed E-state index contributed by atoms with van der Waals surface area (Å²) < 4.78 is 6.95. The molecule has 0 saturated heterocycles. The first-order valence-electron chi connectivity index (χ1n) is 6.18. The van der Waals surface area contributed by atoms with Gasteiger partial charge in [-0.3, -0.25) is 10.1 Å². The Morgan fingerprint density at radius 3 is 2.70 bits per heavy atom. The average molecular weight is 408 g/mol. The predicted octanol–water partition coefficient (Wildman–Crippen LogP) is 3.22. The maximum absolute atomic E-state index is 11.5. The van der Waals surface area contributed by atoms with Crippen LogP contribution in [-0.4, -0.2) is 25.1 Å². The van der Waals surface area contributed by atoms with E-state index in [1.54, 1.807) is 12.1 Å². The quantitative estimate of drug-likeness (QED) is 0.711. The van der Waals surface area contributed by atoms with E-state index in [0.717, 1.165) is 21.8 Å². The van der Waals surface area contributed by atoms with Crippen molar-refractivity contribution in [3.05, 3.63) is 27.1 Å². The van der Waals surface area contributed by atoms with Gasteiger partial charge in [0.05, 0.1) is 4.47 Å². The molecule has 1 rings (SSSR count). The van der Waals surface area contributed by atoms with E-state index >= 15 is 0 Å². The number of halogens is 2. The number of hydrogen-bond donors (Lipinski definition) is 2. The summed E-state index contributed by atoms with van der Waals surface area (Å²) in [5.41, 5.74) is 0. The number of urea groups is 1. The van der Waals surface area contributed by atoms with Gasteiger partial charge < -0.3 is 10.1 Å². The third-order valence-electron chi connectivity index (χ3n) is 2.32. The standard InChI is InChI=1S/C13H16Br2N2O3/c1-2-3-6-16-13(19)17-12(18)8-20-11-5-4-9(14)7-10(11)15/h4-5,7H,2-3,6,8H2,1H3,(H2,16,17,18,19). The highest BCUT2D eigenvalue weighted by Gasteiger charge is 2.09. The van der Waals surface area contributed by atoms with Crippen LogP contribution in [0.5, 0.6) is 5.75 Å². The van der Waals surface area contributed by atoms with Gasteiger partial charge in [0.25, 0.3) is 5.91 Å². The van der Waals surface area contributed by atoms with Gasteiger partial charge in [-0.1, -0.05) is 29.3 Å². The molecule has 0 aliphatic rings. The van der Waals surface area contributed by atoms with Gasteiger partial charge in [0.15, 0.2) is 6.61 Å².